The molecule has 0 atom stereocenters. The van der Waals surface area contributed by atoms with Crippen LogP contribution < -0.4 is 20.8 Å². The Balaban J connectivity index is 1.91. The molecule has 0 saturated carbocycles. The van der Waals surface area contributed by atoms with E-state index in [0.29, 0.717) is 30.0 Å². The van der Waals surface area contributed by atoms with Crippen LogP contribution in [0.25, 0.3) is 0 Å². The topological polar surface area (TPSA) is 109 Å². The summed E-state index contributed by atoms with van der Waals surface area (Å²) in [5.74, 6) is -2.41. The van der Waals surface area contributed by atoms with Gasteiger partial charge in [-0.15, -0.1) is 0 Å². The fraction of sp³-hybridized carbons (Fsp3) is 0.200. The summed E-state index contributed by atoms with van der Waals surface area (Å²) < 4.78 is 18.7. The lowest BCUT2D eigenvalue weighted by atomic mass is 10.2. The molecule has 158 valence electrons. The van der Waals surface area contributed by atoms with Crippen LogP contribution in [-0.4, -0.2) is 37.1 Å². The summed E-state index contributed by atoms with van der Waals surface area (Å²) in [6.07, 6.45) is 1.99. The second kappa shape index (κ2) is 11.5. The molecule has 2 aromatic carbocycles. The van der Waals surface area contributed by atoms with Crippen LogP contribution in [0.2, 0.25) is 5.02 Å². The first-order valence-corrected chi connectivity index (χ1v) is 9.36. The van der Waals surface area contributed by atoms with Gasteiger partial charge in [0, 0.05) is 17.8 Å². The van der Waals surface area contributed by atoms with Crippen molar-refractivity contribution in [2.24, 2.45) is 5.10 Å². The van der Waals surface area contributed by atoms with E-state index >= 15 is 0 Å². The van der Waals surface area contributed by atoms with Gasteiger partial charge in [-0.2, -0.15) is 5.10 Å². The third-order valence-electron chi connectivity index (χ3n) is 3.59. The highest BCUT2D eigenvalue weighted by Crippen LogP contribution is 2.20. The molecule has 2 aromatic rings. The standard InChI is InChI=1S/C20H20ClFN4O4/c1-2-9-23-19(28)20(29)26-24-11-13-5-3-4-6-17(13)30-12-18(27)25-14-7-8-16(22)15(21)10-14/h3-8,10-11H,2,9,12H2,1H3,(H,23,28)(H,25,27)(H,26,29)/b24-11-. The fourth-order valence-corrected chi connectivity index (χ4v) is 2.34. The highest BCUT2D eigenvalue weighted by atomic mass is 35.5. The van der Waals surface area contributed by atoms with Crippen molar-refractivity contribution >= 4 is 41.2 Å². The molecule has 0 aromatic heterocycles. The van der Waals surface area contributed by atoms with Gasteiger partial charge in [0.1, 0.15) is 11.6 Å². The van der Waals surface area contributed by atoms with E-state index in [-0.39, 0.29) is 11.6 Å². The average molecular weight is 435 g/mol. The summed E-state index contributed by atoms with van der Waals surface area (Å²) in [6.45, 7) is 1.92. The van der Waals surface area contributed by atoms with Crippen molar-refractivity contribution in [2.45, 2.75) is 13.3 Å². The molecule has 30 heavy (non-hydrogen) atoms. The zero-order valence-electron chi connectivity index (χ0n) is 16.1. The van der Waals surface area contributed by atoms with Crippen molar-refractivity contribution in [3.8, 4) is 5.75 Å². The number of halogens is 2. The SMILES string of the molecule is CCCNC(=O)C(=O)N/N=C\c1ccccc1OCC(=O)Nc1ccc(F)c(Cl)c1. The van der Waals surface area contributed by atoms with Gasteiger partial charge in [0.15, 0.2) is 6.61 Å². The Labute approximate surface area is 177 Å². The predicted octanol–water partition coefficient (Wildman–Crippen LogP) is 2.47. The average Bonchev–Trinajstić information content (AvgIpc) is 2.73. The molecular formula is C20H20ClFN4O4. The Morgan fingerprint density at radius 1 is 1.17 bits per heavy atom. The van der Waals surface area contributed by atoms with Gasteiger partial charge in [-0.1, -0.05) is 30.7 Å². The maximum atomic E-state index is 13.2. The van der Waals surface area contributed by atoms with Gasteiger partial charge < -0.3 is 15.4 Å². The van der Waals surface area contributed by atoms with Crippen molar-refractivity contribution in [1.29, 1.82) is 0 Å². The van der Waals surface area contributed by atoms with Crippen LogP contribution >= 0.6 is 11.6 Å². The third-order valence-corrected chi connectivity index (χ3v) is 3.88. The minimum atomic E-state index is -0.893. The number of rotatable bonds is 8. The summed E-state index contributed by atoms with van der Waals surface area (Å²) in [6, 6.07) is 10.5. The quantitative estimate of drug-likeness (QED) is 0.337. The highest BCUT2D eigenvalue weighted by Gasteiger charge is 2.11. The van der Waals surface area contributed by atoms with Gasteiger partial charge in [0.05, 0.1) is 11.2 Å². The number of hydrogen-bond acceptors (Lipinski definition) is 5. The lowest BCUT2D eigenvalue weighted by Gasteiger charge is -2.10. The molecule has 0 aliphatic heterocycles. The number of carbonyl (C=O) groups excluding carboxylic acids is 3. The Hall–Kier alpha value is -3.46. The molecule has 0 bridgehead atoms. The van der Waals surface area contributed by atoms with E-state index < -0.39 is 23.5 Å². The minimum absolute atomic E-state index is 0.110. The van der Waals surface area contributed by atoms with E-state index in [1.807, 2.05) is 6.92 Å². The van der Waals surface area contributed by atoms with Crippen molar-refractivity contribution < 1.29 is 23.5 Å². The molecule has 8 nitrogen and oxygen atoms in total. The number of nitrogens with one attached hydrogen (secondary N) is 3. The van der Waals surface area contributed by atoms with E-state index in [1.54, 1.807) is 24.3 Å². The van der Waals surface area contributed by atoms with Gasteiger partial charge in [-0.25, -0.2) is 9.82 Å². The number of para-hydroxylation sites is 1. The van der Waals surface area contributed by atoms with Crippen LogP contribution in [0.5, 0.6) is 5.75 Å². The fourth-order valence-electron chi connectivity index (χ4n) is 2.16. The van der Waals surface area contributed by atoms with E-state index in [2.05, 4.69) is 21.2 Å². The number of nitrogens with zero attached hydrogens (tertiary/aromatic N) is 1. The summed E-state index contributed by atoms with van der Waals surface area (Å²) in [4.78, 5) is 35.1. The predicted molar refractivity (Wildman–Crippen MR) is 111 cm³/mol. The summed E-state index contributed by atoms with van der Waals surface area (Å²) >= 11 is 5.68. The number of amides is 3. The zero-order chi connectivity index (χ0) is 21.9. The molecule has 0 saturated heterocycles. The lowest BCUT2D eigenvalue weighted by Crippen LogP contribution is -2.38. The van der Waals surface area contributed by atoms with Crippen LogP contribution in [0.3, 0.4) is 0 Å². The number of benzene rings is 2. The van der Waals surface area contributed by atoms with Crippen LogP contribution in [0.4, 0.5) is 10.1 Å². The minimum Gasteiger partial charge on any atom is -0.483 e. The maximum Gasteiger partial charge on any atom is 0.329 e. The normalized spacial score (nSPS) is 10.5. The molecule has 3 N–H and O–H groups in total. The maximum absolute atomic E-state index is 13.2. The molecule has 0 unspecified atom stereocenters. The van der Waals surface area contributed by atoms with Gasteiger partial charge in [0.2, 0.25) is 0 Å². The summed E-state index contributed by atoms with van der Waals surface area (Å²) in [5, 5.41) is 8.58. The molecule has 10 heteroatoms. The number of hydrogen-bond donors (Lipinski definition) is 3. The smallest absolute Gasteiger partial charge is 0.329 e. The number of anilines is 1. The Morgan fingerprint density at radius 2 is 1.93 bits per heavy atom. The van der Waals surface area contributed by atoms with Gasteiger partial charge in [-0.3, -0.25) is 14.4 Å². The monoisotopic (exact) mass is 434 g/mol. The Morgan fingerprint density at radius 3 is 2.67 bits per heavy atom. The lowest BCUT2D eigenvalue weighted by molar-refractivity contribution is -0.139. The van der Waals surface area contributed by atoms with Crippen molar-refractivity contribution in [3.05, 3.63) is 58.9 Å². The highest BCUT2D eigenvalue weighted by molar-refractivity contribution is 6.35. The molecule has 3 amide bonds. The van der Waals surface area contributed by atoms with Gasteiger partial charge >= 0.3 is 11.8 Å². The van der Waals surface area contributed by atoms with Crippen molar-refractivity contribution in [1.82, 2.24) is 10.7 Å². The van der Waals surface area contributed by atoms with Crippen molar-refractivity contribution in [2.75, 3.05) is 18.5 Å². The molecule has 0 fully saturated rings. The second-order valence-electron chi connectivity index (χ2n) is 5.96. The van der Waals surface area contributed by atoms with Crippen LogP contribution in [0.1, 0.15) is 18.9 Å². The first-order chi connectivity index (χ1) is 14.4. The molecular weight excluding hydrogens is 415 g/mol. The Bertz CT molecular complexity index is 952. The van der Waals surface area contributed by atoms with Crippen LogP contribution in [0.15, 0.2) is 47.6 Å². The summed E-state index contributed by atoms with van der Waals surface area (Å²) in [5.41, 5.74) is 2.92. The van der Waals surface area contributed by atoms with E-state index in [4.69, 9.17) is 16.3 Å². The number of ether oxygens (including phenoxy) is 1. The number of carbonyl (C=O) groups is 3. The van der Waals surface area contributed by atoms with Crippen molar-refractivity contribution in [3.63, 3.8) is 0 Å². The van der Waals surface area contributed by atoms with Gasteiger partial charge in [-0.05, 0) is 36.8 Å². The van der Waals surface area contributed by atoms with E-state index in [9.17, 15) is 18.8 Å². The molecule has 0 spiro atoms. The largest absolute Gasteiger partial charge is 0.483 e. The second-order valence-corrected chi connectivity index (χ2v) is 6.37. The van der Waals surface area contributed by atoms with E-state index in [0.717, 1.165) is 6.07 Å². The first-order valence-electron chi connectivity index (χ1n) is 8.98. The summed E-state index contributed by atoms with van der Waals surface area (Å²) in [7, 11) is 0. The van der Waals surface area contributed by atoms with Gasteiger partial charge in [0.25, 0.3) is 5.91 Å². The first kappa shape index (κ1) is 22.8. The Kier molecular flexibility index (Phi) is 8.76. The molecule has 0 radical (unpaired) electrons. The van der Waals surface area contributed by atoms with Crippen LogP contribution in [0, 0.1) is 5.82 Å². The molecule has 2 rings (SSSR count). The van der Waals surface area contributed by atoms with E-state index in [1.165, 1.54) is 18.3 Å². The third kappa shape index (κ3) is 7.17. The zero-order valence-corrected chi connectivity index (χ0v) is 16.8. The molecule has 0 aliphatic carbocycles. The molecule has 0 aliphatic rings. The number of hydrazone groups is 1. The molecule has 0 heterocycles. The van der Waals surface area contributed by atoms with Crippen LogP contribution in [-0.2, 0) is 14.4 Å².